The van der Waals surface area contributed by atoms with Crippen molar-refractivity contribution < 1.29 is 10.2 Å². The highest BCUT2D eigenvalue weighted by molar-refractivity contribution is 5.61. The third-order valence-electron chi connectivity index (χ3n) is 7.03. The summed E-state index contributed by atoms with van der Waals surface area (Å²) in [5.74, 6) is -1.04. The quantitative estimate of drug-likeness (QED) is 0.244. The Balaban J connectivity index is 2.35. The van der Waals surface area contributed by atoms with Crippen LogP contribution >= 0.6 is 0 Å². The summed E-state index contributed by atoms with van der Waals surface area (Å²) in [6, 6.07) is 0. The number of aromatic nitrogens is 4. The number of unbranched alkanes of at least 4 members (excludes halogenated alkanes) is 10. The predicted octanol–water partition coefficient (Wildman–Crippen LogP) is 3.87. The van der Waals surface area contributed by atoms with E-state index in [0.29, 0.717) is 12.8 Å². The molecule has 0 aliphatic rings. The van der Waals surface area contributed by atoms with Crippen LogP contribution in [0.3, 0.4) is 0 Å². The predicted molar refractivity (Wildman–Crippen MR) is 154 cm³/mol. The van der Waals surface area contributed by atoms with Gasteiger partial charge in [-0.15, -0.1) is 5.73 Å². The molecule has 0 fully saturated rings. The van der Waals surface area contributed by atoms with Crippen LogP contribution in [0.2, 0.25) is 0 Å². The van der Waals surface area contributed by atoms with Crippen LogP contribution in [0.15, 0.2) is 24.9 Å². The van der Waals surface area contributed by atoms with Crippen LogP contribution in [0.1, 0.15) is 102 Å². The third kappa shape index (κ3) is 8.23. The lowest BCUT2D eigenvalue weighted by atomic mass is 10.1. The Labute approximate surface area is 229 Å². The van der Waals surface area contributed by atoms with Gasteiger partial charge in [-0.25, -0.2) is 9.59 Å². The van der Waals surface area contributed by atoms with Crippen molar-refractivity contribution in [2.75, 3.05) is 0 Å². The Morgan fingerprint density at radius 3 is 1.28 bits per heavy atom. The number of aromatic hydroxyl groups is 2. The van der Waals surface area contributed by atoms with Crippen molar-refractivity contribution in [2.24, 2.45) is 14.1 Å². The van der Waals surface area contributed by atoms with Gasteiger partial charge in [0.1, 0.15) is 11.1 Å². The summed E-state index contributed by atoms with van der Waals surface area (Å²) < 4.78 is 4.15. The molecule has 2 rings (SSSR count). The van der Waals surface area contributed by atoms with Crippen LogP contribution in [0.5, 0.6) is 11.8 Å². The average Bonchev–Trinajstić information content (AvgIpc) is 2.92. The van der Waals surface area contributed by atoms with Gasteiger partial charge in [0.25, 0.3) is 11.1 Å². The van der Waals surface area contributed by atoms with Gasteiger partial charge in [0.2, 0.25) is 11.8 Å². The molecule has 0 amide bonds. The maximum atomic E-state index is 13.0. The van der Waals surface area contributed by atoms with Gasteiger partial charge >= 0.3 is 11.4 Å². The average molecular weight is 545 g/mol. The fourth-order valence-electron chi connectivity index (χ4n) is 4.52. The van der Waals surface area contributed by atoms with E-state index in [1.54, 1.807) is 0 Å². The minimum absolute atomic E-state index is 0.156. The lowest BCUT2D eigenvalue weighted by Gasteiger charge is -2.11. The van der Waals surface area contributed by atoms with Gasteiger partial charge in [0, 0.05) is 27.2 Å². The summed E-state index contributed by atoms with van der Waals surface area (Å²) in [7, 11) is 2.74. The van der Waals surface area contributed by atoms with Crippen LogP contribution in [0.4, 0.5) is 0 Å². The molecule has 0 aliphatic heterocycles. The second-order valence-corrected chi connectivity index (χ2v) is 10.1. The molecule has 2 N–H and O–H groups in total. The van der Waals surface area contributed by atoms with Gasteiger partial charge in [0.15, 0.2) is 0 Å². The van der Waals surface area contributed by atoms with Gasteiger partial charge < -0.3 is 10.2 Å². The molecule has 0 unspecified atom stereocenters. The van der Waals surface area contributed by atoms with Crippen LogP contribution < -0.4 is 22.5 Å². The smallest absolute Gasteiger partial charge is 0.333 e. The zero-order chi connectivity index (χ0) is 28.9. The van der Waals surface area contributed by atoms with Gasteiger partial charge in [-0.2, -0.15) is 0 Å². The highest BCUT2D eigenvalue weighted by Crippen LogP contribution is 2.14. The highest BCUT2D eigenvalue weighted by Gasteiger charge is 2.16. The zero-order valence-electron chi connectivity index (χ0n) is 23.9. The molecule has 0 saturated carbocycles. The maximum Gasteiger partial charge on any atom is 0.333 e. The molecule has 0 atom stereocenters. The Morgan fingerprint density at radius 2 is 0.923 bits per heavy atom. The Kier molecular flexibility index (Phi) is 12.8. The molecule has 2 heterocycles. The van der Waals surface area contributed by atoms with E-state index in [1.165, 1.54) is 26.2 Å². The van der Waals surface area contributed by atoms with Gasteiger partial charge in [-0.3, -0.25) is 27.9 Å². The first kappa shape index (κ1) is 31.7. The Morgan fingerprint density at radius 1 is 0.590 bits per heavy atom. The Hall–Kier alpha value is -3.52. The molecule has 0 aliphatic carbocycles. The maximum absolute atomic E-state index is 13.0. The molecule has 39 heavy (non-hydrogen) atoms. The van der Waals surface area contributed by atoms with Crippen molar-refractivity contribution in [3.63, 3.8) is 0 Å². The second kappa shape index (κ2) is 15.8. The van der Waals surface area contributed by atoms with Crippen LogP contribution in [-0.4, -0.2) is 28.5 Å². The molecule has 0 radical (unpaired) electrons. The summed E-state index contributed by atoms with van der Waals surface area (Å²) in [4.78, 5) is 51.2. The SMILES string of the molecule is CCCCCCCCn1c(=O)c(C=C=Cc2c(O)n(C)c(=O)n(CCCCCCCC)c2=O)c(O)n(C)c1=O. The second-order valence-electron chi connectivity index (χ2n) is 10.1. The standard InChI is InChI=1S/C29H44N4O6/c1-5-7-9-11-13-15-20-32-26(36)22(24(34)30(3)28(32)38)18-17-19-23-25(35)31(4)29(39)33(27(23)37)21-16-14-12-10-8-6-2/h18-19,34-35H,5-16,20-21H2,1-4H3. The van der Waals surface area contributed by atoms with Crippen molar-refractivity contribution in [1.82, 2.24) is 18.3 Å². The first-order valence-electron chi connectivity index (χ1n) is 14.1. The molecule has 10 nitrogen and oxygen atoms in total. The van der Waals surface area contributed by atoms with Gasteiger partial charge in [-0.1, -0.05) is 78.1 Å². The molecule has 0 aromatic carbocycles. The summed E-state index contributed by atoms with van der Waals surface area (Å²) >= 11 is 0. The van der Waals surface area contributed by atoms with Crippen molar-refractivity contribution in [1.29, 1.82) is 0 Å². The minimum atomic E-state index is -0.657. The van der Waals surface area contributed by atoms with E-state index in [0.717, 1.165) is 82.5 Å². The van der Waals surface area contributed by atoms with E-state index in [1.807, 2.05) is 0 Å². The number of rotatable bonds is 16. The van der Waals surface area contributed by atoms with Gasteiger partial charge in [0.05, 0.1) is 0 Å². The highest BCUT2D eigenvalue weighted by atomic mass is 16.3. The summed E-state index contributed by atoms with van der Waals surface area (Å²) in [6.07, 6.45) is 14.3. The minimum Gasteiger partial charge on any atom is -0.494 e. The summed E-state index contributed by atoms with van der Waals surface area (Å²) in [6.45, 7) is 4.73. The van der Waals surface area contributed by atoms with Gasteiger partial charge in [-0.05, 0) is 25.0 Å². The van der Waals surface area contributed by atoms with Crippen molar-refractivity contribution in [3.05, 3.63) is 58.5 Å². The Bertz CT molecular complexity index is 1300. The van der Waals surface area contributed by atoms with E-state index in [9.17, 15) is 29.4 Å². The summed E-state index contributed by atoms with van der Waals surface area (Å²) in [5, 5.41) is 20.9. The van der Waals surface area contributed by atoms with Crippen LogP contribution in [0, 0.1) is 0 Å². The van der Waals surface area contributed by atoms with E-state index < -0.39 is 34.3 Å². The van der Waals surface area contributed by atoms with Crippen LogP contribution in [-0.2, 0) is 27.2 Å². The molecular formula is C29H44N4O6. The topological polar surface area (TPSA) is 128 Å². The number of nitrogens with zero attached hydrogens (tertiary/aromatic N) is 4. The summed E-state index contributed by atoms with van der Waals surface area (Å²) in [5.41, 5.74) is -0.166. The van der Waals surface area contributed by atoms with Crippen LogP contribution in [0.25, 0.3) is 12.2 Å². The molecule has 10 heteroatoms. The zero-order valence-corrected chi connectivity index (χ0v) is 23.9. The van der Waals surface area contributed by atoms with Crippen molar-refractivity contribution in [2.45, 2.75) is 104 Å². The molecule has 0 bridgehead atoms. The lowest BCUT2D eigenvalue weighted by molar-refractivity contribution is 0.402. The first-order valence-corrected chi connectivity index (χ1v) is 14.1. The monoisotopic (exact) mass is 544 g/mol. The molecule has 2 aromatic rings. The molecule has 216 valence electrons. The fourth-order valence-corrected chi connectivity index (χ4v) is 4.52. The first-order chi connectivity index (χ1) is 18.7. The fraction of sp³-hybridized carbons (Fsp3) is 0.621. The number of hydrogen-bond donors (Lipinski definition) is 2. The molecule has 0 saturated heterocycles. The molecule has 2 aromatic heterocycles. The normalized spacial score (nSPS) is 11.0. The molecule has 0 spiro atoms. The number of hydrogen-bond acceptors (Lipinski definition) is 6. The van der Waals surface area contributed by atoms with Crippen molar-refractivity contribution >= 4 is 12.2 Å². The van der Waals surface area contributed by atoms with E-state index in [2.05, 4.69) is 19.6 Å². The van der Waals surface area contributed by atoms with Crippen molar-refractivity contribution in [3.8, 4) is 11.8 Å². The van der Waals surface area contributed by atoms with E-state index in [4.69, 9.17) is 0 Å². The third-order valence-corrected chi connectivity index (χ3v) is 7.03. The van der Waals surface area contributed by atoms with E-state index in [-0.39, 0.29) is 24.2 Å². The molecular weight excluding hydrogens is 500 g/mol. The van der Waals surface area contributed by atoms with E-state index >= 15 is 0 Å². The largest absolute Gasteiger partial charge is 0.494 e. The lowest BCUT2D eigenvalue weighted by Crippen LogP contribution is -2.40.